The summed E-state index contributed by atoms with van der Waals surface area (Å²) in [5.74, 6) is -1.70. The number of esters is 1. The lowest BCUT2D eigenvalue weighted by Gasteiger charge is -2.18. The number of halogens is 2. The number of anilines is 1. The maximum Gasteiger partial charge on any atom is 0.341 e. The summed E-state index contributed by atoms with van der Waals surface area (Å²) in [6, 6.07) is 10.3. The van der Waals surface area contributed by atoms with Crippen LogP contribution in [0.25, 0.3) is 0 Å². The lowest BCUT2D eigenvalue weighted by atomic mass is 10.1. The van der Waals surface area contributed by atoms with Gasteiger partial charge < -0.3 is 15.0 Å². The Labute approximate surface area is 173 Å². The molecule has 0 saturated carbocycles. The normalized spacial score (nSPS) is 10.3. The average molecular weight is 423 g/mol. The number of hydrogen-bond donors (Lipinski definition) is 1. The van der Waals surface area contributed by atoms with Gasteiger partial charge in [0.1, 0.15) is 0 Å². The van der Waals surface area contributed by atoms with Gasteiger partial charge in [0.05, 0.1) is 22.2 Å². The van der Waals surface area contributed by atoms with Crippen LogP contribution < -0.4 is 5.32 Å². The molecule has 2 rings (SSSR count). The minimum atomic E-state index is -0.808. The molecule has 148 valence electrons. The molecule has 0 aromatic heterocycles. The van der Waals surface area contributed by atoms with Crippen molar-refractivity contribution in [2.75, 3.05) is 25.5 Å². The fraction of sp³-hybridized carbons (Fsp3) is 0.250. The monoisotopic (exact) mass is 422 g/mol. The fourth-order valence-electron chi connectivity index (χ4n) is 2.50. The van der Waals surface area contributed by atoms with Crippen molar-refractivity contribution >= 4 is 46.7 Å². The van der Waals surface area contributed by atoms with Gasteiger partial charge in [-0.3, -0.25) is 9.59 Å². The number of rotatable bonds is 6. The van der Waals surface area contributed by atoms with E-state index in [0.717, 1.165) is 11.1 Å². The first kappa shape index (κ1) is 21.7. The zero-order chi connectivity index (χ0) is 20.8. The largest absolute Gasteiger partial charge is 0.452 e. The molecule has 28 heavy (non-hydrogen) atoms. The van der Waals surface area contributed by atoms with Crippen molar-refractivity contribution < 1.29 is 19.1 Å². The highest BCUT2D eigenvalue weighted by Crippen LogP contribution is 2.25. The lowest BCUT2D eigenvalue weighted by molar-refractivity contribution is -0.136. The second kappa shape index (κ2) is 9.57. The van der Waals surface area contributed by atoms with Crippen molar-refractivity contribution in [3.8, 4) is 0 Å². The molecule has 2 aromatic rings. The first-order valence-electron chi connectivity index (χ1n) is 8.42. The Balaban J connectivity index is 1.90. The molecule has 0 atom stereocenters. The number of amides is 2. The van der Waals surface area contributed by atoms with Crippen LogP contribution in [-0.4, -0.2) is 42.9 Å². The molecule has 6 nitrogen and oxygen atoms in total. The number of aryl methyl sites for hydroxylation is 2. The van der Waals surface area contributed by atoms with E-state index in [2.05, 4.69) is 5.32 Å². The van der Waals surface area contributed by atoms with Gasteiger partial charge in [-0.2, -0.15) is 0 Å². The Hall–Kier alpha value is -2.57. The third kappa shape index (κ3) is 5.47. The number of ether oxygens (including phenoxy) is 1. The van der Waals surface area contributed by atoms with E-state index >= 15 is 0 Å². The highest BCUT2D eigenvalue weighted by atomic mass is 35.5. The zero-order valence-electron chi connectivity index (χ0n) is 15.7. The van der Waals surface area contributed by atoms with E-state index in [0.29, 0.717) is 5.69 Å². The summed E-state index contributed by atoms with van der Waals surface area (Å²) in [7, 11) is 1.45. The highest BCUT2D eigenvalue weighted by molar-refractivity contribution is 6.39. The summed E-state index contributed by atoms with van der Waals surface area (Å²) < 4.78 is 4.98. The standard InChI is InChI=1S/C20H20Cl2N2O4/c1-12-6-4-7-13(2)19(12)23-16(25)10-24(3)17(26)11-28-20(27)18-14(21)8-5-9-15(18)22/h4-9H,10-11H2,1-3H3,(H,23,25). The maximum atomic E-state index is 12.2. The average Bonchev–Trinajstić information content (AvgIpc) is 2.62. The third-order valence-corrected chi connectivity index (χ3v) is 4.68. The molecule has 0 bridgehead atoms. The second-order valence-electron chi connectivity index (χ2n) is 6.24. The molecular weight excluding hydrogens is 403 g/mol. The van der Waals surface area contributed by atoms with Crippen molar-refractivity contribution in [3.63, 3.8) is 0 Å². The number of para-hydroxylation sites is 1. The van der Waals surface area contributed by atoms with Crippen LogP contribution in [0.2, 0.25) is 10.0 Å². The maximum absolute atomic E-state index is 12.2. The first-order chi connectivity index (χ1) is 13.2. The van der Waals surface area contributed by atoms with Crippen LogP contribution in [0.4, 0.5) is 5.69 Å². The van der Waals surface area contributed by atoms with Crippen LogP contribution in [0.15, 0.2) is 36.4 Å². The second-order valence-corrected chi connectivity index (χ2v) is 7.05. The number of nitrogens with one attached hydrogen (secondary N) is 1. The number of hydrogen-bond acceptors (Lipinski definition) is 4. The van der Waals surface area contributed by atoms with Gasteiger partial charge >= 0.3 is 5.97 Å². The van der Waals surface area contributed by atoms with E-state index in [1.807, 2.05) is 32.0 Å². The molecule has 8 heteroatoms. The number of carbonyl (C=O) groups excluding carboxylic acids is 3. The van der Waals surface area contributed by atoms with E-state index in [9.17, 15) is 14.4 Å². The summed E-state index contributed by atoms with van der Waals surface area (Å²) in [5, 5.41) is 3.06. The number of likely N-dealkylation sites (N-methyl/N-ethyl adjacent to an activating group) is 1. The molecule has 1 N–H and O–H groups in total. The fourth-order valence-corrected chi connectivity index (χ4v) is 3.05. The third-order valence-electron chi connectivity index (χ3n) is 4.05. The predicted molar refractivity (Wildman–Crippen MR) is 109 cm³/mol. The highest BCUT2D eigenvalue weighted by Gasteiger charge is 2.20. The van der Waals surface area contributed by atoms with Gasteiger partial charge in [0.2, 0.25) is 5.91 Å². The molecule has 0 spiro atoms. The van der Waals surface area contributed by atoms with Gasteiger partial charge in [0.15, 0.2) is 6.61 Å². The van der Waals surface area contributed by atoms with Gasteiger partial charge in [-0.1, -0.05) is 47.5 Å². The summed E-state index contributed by atoms with van der Waals surface area (Å²) >= 11 is 11.9. The topological polar surface area (TPSA) is 75.7 Å². The molecule has 2 amide bonds. The van der Waals surface area contributed by atoms with Gasteiger partial charge in [-0.25, -0.2) is 4.79 Å². The Morgan fingerprint density at radius 1 is 1.00 bits per heavy atom. The van der Waals surface area contributed by atoms with Gasteiger partial charge in [0.25, 0.3) is 5.91 Å². The van der Waals surface area contributed by atoms with E-state index < -0.39 is 18.5 Å². The molecule has 0 aliphatic rings. The zero-order valence-corrected chi connectivity index (χ0v) is 17.2. The first-order valence-corrected chi connectivity index (χ1v) is 9.17. The summed E-state index contributed by atoms with van der Waals surface area (Å²) in [6.45, 7) is 3.05. The molecule has 0 heterocycles. The quantitative estimate of drug-likeness (QED) is 0.716. The van der Waals surface area contributed by atoms with Crippen molar-refractivity contribution in [2.45, 2.75) is 13.8 Å². The Morgan fingerprint density at radius 3 is 2.11 bits per heavy atom. The van der Waals surface area contributed by atoms with Crippen LogP contribution in [-0.2, 0) is 14.3 Å². The van der Waals surface area contributed by atoms with Crippen LogP contribution in [0.1, 0.15) is 21.5 Å². The summed E-state index contributed by atoms with van der Waals surface area (Å²) in [5.41, 5.74) is 2.56. The smallest absolute Gasteiger partial charge is 0.341 e. The van der Waals surface area contributed by atoms with Crippen LogP contribution in [0.3, 0.4) is 0 Å². The van der Waals surface area contributed by atoms with E-state index in [1.54, 1.807) is 6.07 Å². The van der Waals surface area contributed by atoms with E-state index in [4.69, 9.17) is 27.9 Å². The summed E-state index contributed by atoms with van der Waals surface area (Å²) in [6.07, 6.45) is 0. The Morgan fingerprint density at radius 2 is 1.54 bits per heavy atom. The minimum Gasteiger partial charge on any atom is -0.452 e. The SMILES string of the molecule is Cc1cccc(C)c1NC(=O)CN(C)C(=O)COC(=O)c1c(Cl)cccc1Cl. The molecule has 2 aromatic carbocycles. The molecule has 0 fully saturated rings. The van der Waals surface area contributed by atoms with Crippen molar-refractivity contribution in [2.24, 2.45) is 0 Å². The van der Waals surface area contributed by atoms with E-state index in [-0.39, 0.29) is 28.1 Å². The molecule has 0 aliphatic carbocycles. The molecular formula is C20H20Cl2N2O4. The molecule has 0 radical (unpaired) electrons. The Kier molecular flexibility index (Phi) is 7.43. The molecule has 0 unspecified atom stereocenters. The molecule has 0 saturated heterocycles. The van der Waals surface area contributed by atoms with Crippen molar-refractivity contribution in [1.29, 1.82) is 0 Å². The van der Waals surface area contributed by atoms with Crippen LogP contribution >= 0.6 is 23.2 Å². The van der Waals surface area contributed by atoms with Gasteiger partial charge in [-0.15, -0.1) is 0 Å². The van der Waals surface area contributed by atoms with Crippen LogP contribution in [0, 0.1) is 13.8 Å². The van der Waals surface area contributed by atoms with Crippen molar-refractivity contribution in [3.05, 3.63) is 63.1 Å². The van der Waals surface area contributed by atoms with Crippen LogP contribution in [0.5, 0.6) is 0 Å². The lowest BCUT2D eigenvalue weighted by Crippen LogP contribution is -2.37. The summed E-state index contributed by atoms with van der Waals surface area (Å²) in [4.78, 5) is 37.7. The number of benzene rings is 2. The minimum absolute atomic E-state index is 0.00550. The van der Waals surface area contributed by atoms with Crippen molar-refractivity contribution in [1.82, 2.24) is 4.90 Å². The predicted octanol–water partition coefficient (Wildman–Crippen LogP) is 3.86. The van der Waals surface area contributed by atoms with Gasteiger partial charge in [-0.05, 0) is 37.1 Å². The van der Waals surface area contributed by atoms with E-state index in [1.165, 1.54) is 24.1 Å². The Bertz CT molecular complexity index is 875. The number of carbonyl (C=O) groups is 3. The van der Waals surface area contributed by atoms with Gasteiger partial charge in [0, 0.05) is 12.7 Å². The number of nitrogens with zero attached hydrogens (tertiary/aromatic N) is 1. The molecule has 0 aliphatic heterocycles.